The first kappa shape index (κ1) is 27.1. The lowest BCUT2D eigenvalue weighted by atomic mass is 9.93. The van der Waals surface area contributed by atoms with Crippen LogP contribution in [0.4, 0.5) is 26.2 Å². The lowest BCUT2D eigenvalue weighted by Crippen LogP contribution is -2.44. The van der Waals surface area contributed by atoms with Crippen molar-refractivity contribution in [2.45, 2.75) is 68.4 Å². The van der Waals surface area contributed by atoms with Crippen LogP contribution in [0.5, 0.6) is 0 Å². The van der Waals surface area contributed by atoms with Crippen molar-refractivity contribution in [3.63, 3.8) is 0 Å². The first-order valence-electron chi connectivity index (χ1n) is 13.9. The lowest BCUT2D eigenvalue weighted by Gasteiger charge is -2.35. The molecule has 1 aliphatic carbocycles. The number of thioether (sulfide) groups is 1. The molecule has 0 radical (unpaired) electrons. The van der Waals surface area contributed by atoms with Crippen LogP contribution in [0.1, 0.15) is 62.7 Å². The van der Waals surface area contributed by atoms with Gasteiger partial charge >= 0.3 is 0 Å². The van der Waals surface area contributed by atoms with Gasteiger partial charge in [0.2, 0.25) is 5.95 Å². The van der Waals surface area contributed by atoms with Crippen LogP contribution in [0.2, 0.25) is 0 Å². The summed E-state index contributed by atoms with van der Waals surface area (Å²) in [4.78, 5) is 27.5. The molecule has 1 saturated carbocycles. The van der Waals surface area contributed by atoms with Gasteiger partial charge in [-0.25, -0.2) is 13.8 Å². The highest BCUT2D eigenvalue weighted by Gasteiger charge is 2.44. The summed E-state index contributed by atoms with van der Waals surface area (Å²) in [5.74, 6) is -2.12. The van der Waals surface area contributed by atoms with Gasteiger partial charge in [0.1, 0.15) is 5.82 Å². The molecule has 38 heavy (non-hydrogen) atoms. The molecule has 2 N–H and O–H groups in total. The fraction of sp³-hybridized carbons (Fsp3) is 0.607. The largest absolute Gasteiger partial charge is 0.371 e. The number of halogens is 2. The van der Waals surface area contributed by atoms with Gasteiger partial charge in [-0.2, -0.15) is 4.98 Å². The highest BCUT2D eigenvalue weighted by molar-refractivity contribution is 8.00. The summed E-state index contributed by atoms with van der Waals surface area (Å²) in [6.07, 6.45) is 6.21. The predicted octanol–water partition coefficient (Wildman–Crippen LogP) is 5.43. The molecule has 206 valence electrons. The molecule has 3 aliphatic heterocycles. The Balaban J connectivity index is 0.00000144. The van der Waals surface area contributed by atoms with Gasteiger partial charge < -0.3 is 15.1 Å². The normalized spacial score (nSPS) is 21.8. The van der Waals surface area contributed by atoms with Crippen LogP contribution < -0.4 is 20.4 Å². The third kappa shape index (κ3) is 6.22. The average Bonchev–Trinajstić information content (AvgIpc) is 3.66. The van der Waals surface area contributed by atoms with E-state index in [4.69, 9.17) is 0 Å². The number of nitrogens with one attached hydrogen (secondary N) is 2. The van der Waals surface area contributed by atoms with E-state index in [0.717, 1.165) is 31.9 Å². The number of amides is 1. The van der Waals surface area contributed by atoms with Crippen molar-refractivity contribution in [2.75, 3.05) is 54.4 Å². The second-order valence-corrected chi connectivity index (χ2v) is 12.0. The topological polar surface area (TPSA) is 73.4 Å². The van der Waals surface area contributed by atoms with Crippen LogP contribution in [0.3, 0.4) is 0 Å². The number of alkyl halides is 2. The maximum absolute atomic E-state index is 13.6. The molecule has 6 rings (SSSR count). The Morgan fingerprint density at radius 3 is 2.32 bits per heavy atom. The summed E-state index contributed by atoms with van der Waals surface area (Å²) in [5.41, 5.74) is 2.13. The standard InChI is InChI=1S/C26H32F2N6OS.C2H6/c27-26(28)8-13-34(14-9-26)22-3-10-30-24(31-22)32-23(35)20-2-1-18(36-19-16-29-17-19)15-21(20)33-11-6-25(4-5-25)7-12-33;1-2/h1-3,10,15,19,29H,4-9,11-14,16-17H2,(H,30,31,32,35);1-2H3. The van der Waals surface area contributed by atoms with E-state index in [1.807, 2.05) is 42.6 Å². The van der Waals surface area contributed by atoms with E-state index in [1.54, 1.807) is 12.3 Å². The van der Waals surface area contributed by atoms with Crippen molar-refractivity contribution in [3.05, 3.63) is 36.0 Å². The van der Waals surface area contributed by atoms with Gasteiger partial charge in [0.15, 0.2) is 0 Å². The molecule has 1 aromatic heterocycles. The maximum Gasteiger partial charge on any atom is 0.260 e. The van der Waals surface area contributed by atoms with Crippen LogP contribution >= 0.6 is 11.8 Å². The van der Waals surface area contributed by atoms with Crippen molar-refractivity contribution in [3.8, 4) is 0 Å². The number of anilines is 3. The van der Waals surface area contributed by atoms with E-state index in [2.05, 4.69) is 31.6 Å². The Bertz CT molecular complexity index is 1120. The number of nitrogens with zero attached hydrogens (tertiary/aromatic N) is 4. The lowest BCUT2D eigenvalue weighted by molar-refractivity contribution is -0.0221. The third-order valence-electron chi connectivity index (χ3n) is 8.07. The van der Waals surface area contributed by atoms with Crippen molar-refractivity contribution < 1.29 is 13.6 Å². The summed E-state index contributed by atoms with van der Waals surface area (Å²) < 4.78 is 27.1. The van der Waals surface area contributed by atoms with Gasteiger partial charge in [0, 0.05) is 68.5 Å². The molecular weight excluding hydrogens is 506 g/mol. The molecule has 4 heterocycles. The fourth-order valence-corrected chi connectivity index (χ4v) is 6.41. The van der Waals surface area contributed by atoms with Crippen molar-refractivity contribution in [1.29, 1.82) is 0 Å². The fourth-order valence-electron chi connectivity index (χ4n) is 5.29. The van der Waals surface area contributed by atoms with Gasteiger partial charge in [-0.05, 0) is 55.4 Å². The molecule has 4 aliphatic rings. The van der Waals surface area contributed by atoms with E-state index in [-0.39, 0.29) is 37.8 Å². The molecule has 1 amide bonds. The Kier molecular flexibility index (Phi) is 8.09. The van der Waals surface area contributed by atoms with Gasteiger partial charge in [0.25, 0.3) is 11.8 Å². The quantitative estimate of drug-likeness (QED) is 0.502. The van der Waals surface area contributed by atoms with Crippen LogP contribution in [0.25, 0.3) is 0 Å². The molecule has 1 spiro atoms. The first-order chi connectivity index (χ1) is 18.4. The van der Waals surface area contributed by atoms with Crippen LogP contribution in [0, 0.1) is 5.41 Å². The third-order valence-corrected chi connectivity index (χ3v) is 9.26. The number of aromatic nitrogens is 2. The summed E-state index contributed by atoms with van der Waals surface area (Å²) in [6, 6.07) is 7.80. The van der Waals surface area contributed by atoms with E-state index in [0.29, 0.717) is 22.0 Å². The molecule has 0 atom stereocenters. The number of carbonyl (C=O) groups excluding carboxylic acids is 1. The minimum atomic E-state index is -2.62. The second-order valence-electron chi connectivity index (χ2n) is 10.6. The Labute approximate surface area is 228 Å². The number of carbonyl (C=O) groups is 1. The highest BCUT2D eigenvalue weighted by atomic mass is 32.2. The van der Waals surface area contributed by atoms with E-state index < -0.39 is 5.92 Å². The number of hydrogen-bond donors (Lipinski definition) is 2. The summed E-state index contributed by atoms with van der Waals surface area (Å²) in [5, 5.41) is 6.75. The number of piperidine rings is 2. The number of benzene rings is 1. The molecule has 10 heteroatoms. The van der Waals surface area contributed by atoms with Gasteiger partial charge in [-0.1, -0.05) is 13.8 Å². The molecule has 0 bridgehead atoms. The summed E-state index contributed by atoms with van der Waals surface area (Å²) >= 11 is 1.86. The first-order valence-corrected chi connectivity index (χ1v) is 14.8. The van der Waals surface area contributed by atoms with Crippen LogP contribution in [-0.4, -0.2) is 66.3 Å². The number of hydrogen-bond acceptors (Lipinski definition) is 7. The summed E-state index contributed by atoms with van der Waals surface area (Å²) in [6.45, 7) is 8.41. The van der Waals surface area contributed by atoms with Gasteiger partial charge in [-0.3, -0.25) is 10.1 Å². The minimum Gasteiger partial charge on any atom is -0.371 e. The van der Waals surface area contributed by atoms with Gasteiger partial charge in [0.05, 0.1) is 11.3 Å². The highest BCUT2D eigenvalue weighted by Crippen LogP contribution is 2.54. The van der Waals surface area contributed by atoms with Crippen molar-refractivity contribution in [2.24, 2.45) is 5.41 Å². The monoisotopic (exact) mass is 544 g/mol. The second kappa shape index (κ2) is 11.3. The van der Waals surface area contributed by atoms with E-state index >= 15 is 0 Å². The summed E-state index contributed by atoms with van der Waals surface area (Å²) in [7, 11) is 0. The molecule has 2 aromatic rings. The molecule has 3 saturated heterocycles. The molecule has 7 nitrogen and oxygen atoms in total. The molecule has 4 fully saturated rings. The predicted molar refractivity (Wildman–Crippen MR) is 150 cm³/mol. The number of rotatable bonds is 6. The minimum absolute atomic E-state index is 0.190. The Hall–Kier alpha value is -2.46. The van der Waals surface area contributed by atoms with E-state index in [1.165, 1.54) is 30.6 Å². The van der Waals surface area contributed by atoms with Crippen molar-refractivity contribution >= 4 is 35.1 Å². The molecule has 0 unspecified atom stereocenters. The van der Waals surface area contributed by atoms with Crippen LogP contribution in [0.15, 0.2) is 35.4 Å². The zero-order valence-corrected chi connectivity index (χ0v) is 23.1. The SMILES string of the molecule is CC.O=C(Nc1nccc(N2CCC(F)(F)CC2)n1)c1ccc(SC2CNC2)cc1N1CCC2(CC1)CC2. The smallest absolute Gasteiger partial charge is 0.260 e. The van der Waals surface area contributed by atoms with Gasteiger partial charge in [-0.15, -0.1) is 11.8 Å². The van der Waals surface area contributed by atoms with Crippen LogP contribution in [-0.2, 0) is 0 Å². The van der Waals surface area contributed by atoms with E-state index in [9.17, 15) is 13.6 Å². The zero-order valence-electron chi connectivity index (χ0n) is 22.3. The Morgan fingerprint density at radius 2 is 1.68 bits per heavy atom. The molecule has 1 aromatic carbocycles. The maximum atomic E-state index is 13.6. The average molecular weight is 545 g/mol. The molecular formula is C28H38F2N6OS. The van der Waals surface area contributed by atoms with Crippen molar-refractivity contribution in [1.82, 2.24) is 15.3 Å². The zero-order chi connectivity index (χ0) is 26.8. The Morgan fingerprint density at radius 1 is 1.00 bits per heavy atom.